The molecule has 0 bridgehead atoms. The van der Waals surface area contributed by atoms with Gasteiger partial charge in [0.25, 0.3) is 0 Å². The molecule has 25 heavy (non-hydrogen) atoms. The van der Waals surface area contributed by atoms with Crippen LogP contribution in [0.2, 0.25) is 0 Å². The maximum atomic E-state index is 5.55. The van der Waals surface area contributed by atoms with E-state index >= 15 is 0 Å². The highest BCUT2D eigenvalue weighted by Gasteiger charge is 2.22. The Balaban J connectivity index is 1.69. The van der Waals surface area contributed by atoms with Gasteiger partial charge in [0.15, 0.2) is 5.82 Å². The average Bonchev–Trinajstić information content (AvgIpc) is 3.08. The van der Waals surface area contributed by atoms with E-state index in [1.54, 1.807) is 21.3 Å². The van der Waals surface area contributed by atoms with Gasteiger partial charge in [0.05, 0.1) is 26.9 Å². The summed E-state index contributed by atoms with van der Waals surface area (Å²) >= 11 is 0. The van der Waals surface area contributed by atoms with Gasteiger partial charge >= 0.3 is 0 Å². The van der Waals surface area contributed by atoms with Crippen molar-refractivity contribution in [3.63, 3.8) is 0 Å². The van der Waals surface area contributed by atoms with Gasteiger partial charge in [-0.2, -0.15) is 5.10 Å². The summed E-state index contributed by atoms with van der Waals surface area (Å²) < 4.78 is 16.4. The van der Waals surface area contributed by atoms with Crippen molar-refractivity contribution >= 4 is 5.82 Å². The minimum absolute atomic E-state index is 0.733. The Kier molecular flexibility index (Phi) is 5.33. The zero-order chi connectivity index (χ0) is 17.8. The Morgan fingerprint density at radius 1 is 0.960 bits per heavy atom. The highest BCUT2D eigenvalue weighted by Crippen LogP contribution is 2.35. The molecule has 7 nitrogen and oxygen atoms in total. The maximum Gasteiger partial charge on any atom is 0.150 e. The molecule has 1 aliphatic rings. The van der Waals surface area contributed by atoms with Crippen LogP contribution in [0.1, 0.15) is 11.3 Å². The van der Waals surface area contributed by atoms with E-state index in [0.717, 1.165) is 67.0 Å². The molecule has 1 aromatic heterocycles. The fourth-order valence-electron chi connectivity index (χ4n) is 3.16. The van der Waals surface area contributed by atoms with Gasteiger partial charge in [-0.15, -0.1) is 0 Å². The largest absolute Gasteiger partial charge is 0.496 e. The van der Waals surface area contributed by atoms with E-state index in [2.05, 4.69) is 26.1 Å². The molecule has 1 N–H and O–H groups in total. The molecule has 0 atom stereocenters. The zero-order valence-corrected chi connectivity index (χ0v) is 15.3. The van der Waals surface area contributed by atoms with Crippen LogP contribution in [0.25, 0.3) is 0 Å². The van der Waals surface area contributed by atoms with Gasteiger partial charge in [0.1, 0.15) is 17.2 Å². The molecule has 1 fully saturated rings. The van der Waals surface area contributed by atoms with E-state index in [0.29, 0.717) is 0 Å². The summed E-state index contributed by atoms with van der Waals surface area (Å²) in [6.07, 6.45) is 0. The summed E-state index contributed by atoms with van der Waals surface area (Å²) in [6.45, 7) is 6.63. The topological polar surface area (TPSA) is 62.9 Å². The molecule has 1 aromatic carbocycles. The van der Waals surface area contributed by atoms with E-state index in [-0.39, 0.29) is 0 Å². The number of nitrogens with zero attached hydrogens (tertiary/aromatic N) is 3. The second-order valence-corrected chi connectivity index (χ2v) is 6.18. The third-order valence-corrected chi connectivity index (χ3v) is 4.59. The fourth-order valence-corrected chi connectivity index (χ4v) is 3.16. The first-order chi connectivity index (χ1) is 12.1. The highest BCUT2D eigenvalue weighted by atomic mass is 16.5. The number of methoxy groups -OCH3 is 3. The fraction of sp³-hybridized carbons (Fsp3) is 0.500. The SMILES string of the molecule is COc1cc(OC)c(CN2CCN(c3cc(C)[nH]n3)CC2)c(OC)c1. The van der Waals surface area contributed by atoms with Crippen LogP contribution in [0.5, 0.6) is 17.2 Å². The van der Waals surface area contributed by atoms with Gasteiger partial charge in [0, 0.05) is 56.6 Å². The van der Waals surface area contributed by atoms with Crippen molar-refractivity contribution in [3.05, 3.63) is 29.5 Å². The Bertz CT molecular complexity index is 683. The van der Waals surface area contributed by atoms with Crippen LogP contribution in [0.15, 0.2) is 18.2 Å². The molecule has 0 aliphatic carbocycles. The maximum absolute atomic E-state index is 5.55. The number of piperazine rings is 1. The molecule has 0 saturated carbocycles. The third kappa shape index (κ3) is 3.82. The number of aromatic amines is 1. The lowest BCUT2D eigenvalue weighted by molar-refractivity contribution is 0.241. The van der Waals surface area contributed by atoms with Gasteiger partial charge in [-0.05, 0) is 6.92 Å². The quantitative estimate of drug-likeness (QED) is 0.864. The minimum Gasteiger partial charge on any atom is -0.496 e. The lowest BCUT2D eigenvalue weighted by atomic mass is 10.1. The number of anilines is 1. The highest BCUT2D eigenvalue weighted by molar-refractivity contribution is 5.50. The number of ether oxygens (including phenoxy) is 3. The van der Waals surface area contributed by atoms with Crippen molar-refractivity contribution in [2.45, 2.75) is 13.5 Å². The molecule has 0 unspecified atom stereocenters. The molecule has 136 valence electrons. The number of aromatic nitrogens is 2. The van der Waals surface area contributed by atoms with Crippen LogP contribution >= 0.6 is 0 Å². The first-order valence-corrected chi connectivity index (χ1v) is 8.42. The number of hydrogen-bond donors (Lipinski definition) is 1. The number of hydrogen-bond acceptors (Lipinski definition) is 6. The van der Waals surface area contributed by atoms with Gasteiger partial charge in [-0.1, -0.05) is 0 Å². The lowest BCUT2D eigenvalue weighted by Gasteiger charge is -2.35. The lowest BCUT2D eigenvalue weighted by Crippen LogP contribution is -2.46. The molecule has 2 heterocycles. The normalized spacial score (nSPS) is 15.3. The van der Waals surface area contributed by atoms with Gasteiger partial charge in [-0.25, -0.2) is 0 Å². The van der Waals surface area contributed by atoms with Crippen LogP contribution in [-0.4, -0.2) is 62.6 Å². The Morgan fingerprint density at radius 2 is 1.60 bits per heavy atom. The van der Waals surface area contributed by atoms with Crippen LogP contribution in [0.4, 0.5) is 5.82 Å². The van der Waals surface area contributed by atoms with E-state index in [1.807, 2.05) is 19.1 Å². The molecule has 0 radical (unpaired) electrons. The predicted octanol–water partition coefficient (Wildman–Crippen LogP) is 2.07. The van der Waals surface area contributed by atoms with Gasteiger partial charge in [0.2, 0.25) is 0 Å². The van der Waals surface area contributed by atoms with Crippen molar-refractivity contribution < 1.29 is 14.2 Å². The summed E-state index contributed by atoms with van der Waals surface area (Å²) in [7, 11) is 5.00. The summed E-state index contributed by atoms with van der Waals surface area (Å²) in [5.74, 6) is 3.34. The molecular weight excluding hydrogens is 320 g/mol. The van der Waals surface area contributed by atoms with Crippen molar-refractivity contribution in [1.82, 2.24) is 15.1 Å². The first-order valence-electron chi connectivity index (χ1n) is 8.42. The molecule has 1 saturated heterocycles. The number of aryl methyl sites for hydroxylation is 1. The number of rotatable bonds is 6. The zero-order valence-electron chi connectivity index (χ0n) is 15.3. The monoisotopic (exact) mass is 346 g/mol. The Morgan fingerprint density at radius 3 is 2.08 bits per heavy atom. The summed E-state index contributed by atoms with van der Waals surface area (Å²) in [4.78, 5) is 4.71. The van der Waals surface area contributed by atoms with Crippen LogP contribution in [0, 0.1) is 6.92 Å². The molecule has 7 heteroatoms. The third-order valence-electron chi connectivity index (χ3n) is 4.59. The van der Waals surface area contributed by atoms with Crippen molar-refractivity contribution in [2.24, 2.45) is 0 Å². The average molecular weight is 346 g/mol. The van der Waals surface area contributed by atoms with Crippen LogP contribution < -0.4 is 19.1 Å². The molecule has 1 aliphatic heterocycles. The van der Waals surface area contributed by atoms with Gasteiger partial charge < -0.3 is 19.1 Å². The van der Waals surface area contributed by atoms with E-state index < -0.39 is 0 Å². The number of nitrogens with one attached hydrogen (secondary N) is 1. The molecule has 0 amide bonds. The van der Waals surface area contributed by atoms with E-state index in [9.17, 15) is 0 Å². The van der Waals surface area contributed by atoms with Crippen LogP contribution in [0.3, 0.4) is 0 Å². The summed E-state index contributed by atoms with van der Waals surface area (Å²) in [5.41, 5.74) is 2.14. The summed E-state index contributed by atoms with van der Waals surface area (Å²) in [5, 5.41) is 7.36. The first kappa shape index (κ1) is 17.4. The standard InChI is InChI=1S/C18H26N4O3/c1-13-9-18(20-19-13)22-7-5-21(6-8-22)12-15-16(24-3)10-14(23-2)11-17(15)25-4/h9-11H,5-8,12H2,1-4H3,(H,19,20). The summed E-state index contributed by atoms with van der Waals surface area (Å²) in [6, 6.07) is 5.90. The van der Waals surface area contributed by atoms with Crippen LogP contribution in [-0.2, 0) is 6.54 Å². The van der Waals surface area contributed by atoms with E-state index in [4.69, 9.17) is 14.2 Å². The second-order valence-electron chi connectivity index (χ2n) is 6.18. The Hall–Kier alpha value is -2.41. The smallest absolute Gasteiger partial charge is 0.150 e. The van der Waals surface area contributed by atoms with Crippen molar-refractivity contribution in [2.75, 3.05) is 52.4 Å². The van der Waals surface area contributed by atoms with Gasteiger partial charge in [-0.3, -0.25) is 10.00 Å². The number of H-pyrrole nitrogens is 1. The molecule has 3 rings (SSSR count). The molecule has 2 aromatic rings. The second kappa shape index (κ2) is 7.65. The van der Waals surface area contributed by atoms with Crippen molar-refractivity contribution in [3.8, 4) is 17.2 Å². The molecule has 0 spiro atoms. The minimum atomic E-state index is 0.733. The van der Waals surface area contributed by atoms with Crippen molar-refractivity contribution in [1.29, 1.82) is 0 Å². The Labute approximate surface area is 148 Å². The molecular formula is C18H26N4O3. The predicted molar refractivity (Wildman–Crippen MR) is 96.9 cm³/mol. The van der Waals surface area contributed by atoms with E-state index in [1.165, 1.54) is 0 Å². The number of benzene rings is 1.